The lowest BCUT2D eigenvalue weighted by molar-refractivity contribution is 0.380. The summed E-state index contributed by atoms with van der Waals surface area (Å²) in [6.45, 7) is 1.09. The molecule has 2 aromatic rings. The molecule has 0 heterocycles. The lowest BCUT2D eigenvalue weighted by Gasteiger charge is -2.16. The molecule has 0 amide bonds. The van der Waals surface area contributed by atoms with Crippen LogP contribution >= 0.6 is 0 Å². The molecule has 22 heavy (non-hydrogen) atoms. The van der Waals surface area contributed by atoms with Crippen molar-refractivity contribution in [1.82, 2.24) is 0 Å². The minimum absolute atomic E-state index is 0.369. The van der Waals surface area contributed by atoms with E-state index < -0.39 is 57.2 Å². The van der Waals surface area contributed by atoms with Gasteiger partial charge in [0, 0.05) is 0 Å². The highest BCUT2D eigenvalue weighted by molar-refractivity contribution is 6.33. The Balaban J connectivity index is 2.99. The molecule has 0 radical (unpaired) electrons. The number of aryl methyl sites for hydroxylation is 1. The van der Waals surface area contributed by atoms with Gasteiger partial charge in [-0.3, -0.25) is 0 Å². The van der Waals surface area contributed by atoms with Gasteiger partial charge in [0.2, 0.25) is 0 Å². The fraction of sp³-hybridized carbons (Fsp3) is 0.143. The molecule has 116 valence electrons. The Kier molecular flexibility index (Phi) is 4.13. The fourth-order valence-corrected chi connectivity index (χ4v) is 2.11. The van der Waals surface area contributed by atoms with Gasteiger partial charge in [-0.25, -0.2) is 26.3 Å². The van der Waals surface area contributed by atoms with E-state index in [0.717, 1.165) is 21.9 Å². The van der Waals surface area contributed by atoms with Gasteiger partial charge >= 0.3 is 0 Å². The predicted octanol–water partition coefficient (Wildman–Crippen LogP) is 2.76. The molecule has 0 saturated heterocycles. The van der Waals surface area contributed by atoms with Gasteiger partial charge in [-0.15, -0.1) is 0 Å². The van der Waals surface area contributed by atoms with E-state index in [9.17, 15) is 26.3 Å². The van der Waals surface area contributed by atoms with Crippen LogP contribution in [0.3, 0.4) is 0 Å². The first kappa shape index (κ1) is 16.3. The van der Waals surface area contributed by atoms with Crippen molar-refractivity contribution in [3.8, 4) is 16.9 Å². The Bertz CT molecular complexity index is 775. The third-order valence-electron chi connectivity index (χ3n) is 3.29. The standard InChI is InChI=1S/C14H9BF6O/c1-4-3-5(16)6(10(18)9(4)17)7-11(19)12(20)8(15)13(21)14(7)22-2/h3H,15H2,1-2H3. The average molecular weight is 318 g/mol. The zero-order valence-corrected chi connectivity index (χ0v) is 11.8. The number of hydrogen-bond donors (Lipinski definition) is 0. The SMILES string of the molecule is Bc1c(F)c(F)c(-c2c(F)cc(C)c(F)c2F)c(OC)c1F. The van der Waals surface area contributed by atoms with Gasteiger partial charge in [-0.05, 0) is 24.0 Å². The Labute approximate surface area is 122 Å². The quantitative estimate of drug-likeness (QED) is 0.470. The zero-order valence-electron chi connectivity index (χ0n) is 11.8. The largest absolute Gasteiger partial charge is 0.493 e. The van der Waals surface area contributed by atoms with E-state index >= 15 is 0 Å². The van der Waals surface area contributed by atoms with Gasteiger partial charge < -0.3 is 4.74 Å². The molecule has 0 aliphatic heterocycles. The molecule has 0 aliphatic carbocycles. The molecule has 0 aliphatic rings. The molecule has 8 heteroatoms. The van der Waals surface area contributed by atoms with Crippen LogP contribution in [0.15, 0.2) is 6.07 Å². The molecule has 0 N–H and O–H groups in total. The smallest absolute Gasteiger partial charge is 0.170 e. The first-order valence-corrected chi connectivity index (χ1v) is 6.07. The van der Waals surface area contributed by atoms with E-state index in [2.05, 4.69) is 4.74 Å². The van der Waals surface area contributed by atoms with E-state index in [1.54, 1.807) is 0 Å². The molecule has 0 saturated carbocycles. The minimum atomic E-state index is -1.75. The van der Waals surface area contributed by atoms with Crippen molar-refractivity contribution in [2.45, 2.75) is 6.92 Å². The molecule has 0 aromatic heterocycles. The van der Waals surface area contributed by atoms with Crippen LogP contribution in [0.2, 0.25) is 0 Å². The highest BCUT2D eigenvalue weighted by Crippen LogP contribution is 2.39. The van der Waals surface area contributed by atoms with Crippen molar-refractivity contribution in [2.24, 2.45) is 0 Å². The van der Waals surface area contributed by atoms with Gasteiger partial charge in [0.15, 0.2) is 34.8 Å². The summed E-state index contributed by atoms with van der Waals surface area (Å²) in [5.41, 5.74) is -3.45. The molecule has 0 unspecified atom stereocenters. The number of hydrogen-bond acceptors (Lipinski definition) is 1. The van der Waals surface area contributed by atoms with Gasteiger partial charge in [0.25, 0.3) is 0 Å². The van der Waals surface area contributed by atoms with Crippen LogP contribution in [0.25, 0.3) is 11.1 Å². The molecule has 0 bridgehead atoms. The average Bonchev–Trinajstić information content (AvgIpc) is 2.48. The van der Waals surface area contributed by atoms with E-state index in [1.165, 1.54) is 0 Å². The molecule has 0 fully saturated rings. The highest BCUT2D eigenvalue weighted by Gasteiger charge is 2.30. The maximum absolute atomic E-state index is 14.1. The molecule has 1 nitrogen and oxygen atoms in total. The number of ether oxygens (including phenoxy) is 1. The second kappa shape index (κ2) is 5.59. The third-order valence-corrected chi connectivity index (χ3v) is 3.29. The van der Waals surface area contributed by atoms with E-state index in [4.69, 9.17) is 0 Å². The summed E-state index contributed by atoms with van der Waals surface area (Å²) in [6.07, 6.45) is 0. The Morgan fingerprint density at radius 2 is 1.36 bits per heavy atom. The van der Waals surface area contributed by atoms with Crippen molar-refractivity contribution >= 4 is 13.3 Å². The number of benzene rings is 2. The minimum Gasteiger partial charge on any atom is -0.493 e. The number of halogens is 6. The first-order valence-electron chi connectivity index (χ1n) is 6.07. The van der Waals surface area contributed by atoms with Crippen LogP contribution < -0.4 is 10.2 Å². The topological polar surface area (TPSA) is 9.23 Å². The summed E-state index contributed by atoms with van der Waals surface area (Å²) in [5, 5.41) is 0. The molecule has 0 atom stereocenters. The van der Waals surface area contributed by atoms with Crippen LogP contribution in [0.5, 0.6) is 5.75 Å². The monoisotopic (exact) mass is 318 g/mol. The molecule has 0 spiro atoms. The lowest BCUT2D eigenvalue weighted by atomic mass is 9.90. The van der Waals surface area contributed by atoms with E-state index in [-0.39, 0.29) is 5.56 Å². The molecular formula is C14H9BF6O. The summed E-state index contributed by atoms with van der Waals surface area (Å²) in [7, 11) is 1.85. The van der Waals surface area contributed by atoms with Crippen LogP contribution in [0.4, 0.5) is 26.3 Å². The van der Waals surface area contributed by atoms with E-state index in [0.29, 0.717) is 6.07 Å². The number of methoxy groups -OCH3 is 1. The van der Waals surface area contributed by atoms with Crippen molar-refractivity contribution in [1.29, 1.82) is 0 Å². The summed E-state index contributed by atoms with van der Waals surface area (Å²) in [6, 6.07) is 0.599. The maximum atomic E-state index is 14.1. The molecule has 2 aromatic carbocycles. The van der Waals surface area contributed by atoms with Crippen LogP contribution in [-0.2, 0) is 0 Å². The molecular weight excluding hydrogens is 309 g/mol. The second-order valence-electron chi connectivity index (χ2n) is 4.65. The summed E-state index contributed by atoms with van der Waals surface area (Å²) >= 11 is 0. The van der Waals surface area contributed by atoms with E-state index in [1.807, 2.05) is 0 Å². The molecule has 2 rings (SSSR count). The Morgan fingerprint density at radius 3 is 1.91 bits per heavy atom. The summed E-state index contributed by atoms with van der Waals surface area (Å²) in [4.78, 5) is 0. The van der Waals surface area contributed by atoms with Crippen molar-refractivity contribution in [3.63, 3.8) is 0 Å². The lowest BCUT2D eigenvalue weighted by Crippen LogP contribution is -2.19. The Hall–Kier alpha value is -2.12. The third kappa shape index (κ3) is 2.22. The van der Waals surface area contributed by atoms with Crippen molar-refractivity contribution in [3.05, 3.63) is 46.5 Å². The van der Waals surface area contributed by atoms with Crippen LogP contribution in [0.1, 0.15) is 5.56 Å². The van der Waals surface area contributed by atoms with Gasteiger partial charge in [-0.2, -0.15) is 0 Å². The zero-order chi connectivity index (χ0) is 16.8. The van der Waals surface area contributed by atoms with Gasteiger partial charge in [-0.1, -0.05) is 0 Å². The fourth-order valence-electron chi connectivity index (χ4n) is 2.11. The van der Waals surface area contributed by atoms with Gasteiger partial charge in [0.05, 0.1) is 18.2 Å². The van der Waals surface area contributed by atoms with Crippen LogP contribution in [0, 0.1) is 41.8 Å². The second-order valence-corrected chi connectivity index (χ2v) is 4.65. The normalized spacial score (nSPS) is 10.9. The van der Waals surface area contributed by atoms with Crippen molar-refractivity contribution < 1.29 is 31.1 Å². The summed E-state index contributed by atoms with van der Waals surface area (Å²) in [5.74, 6) is -10.1. The summed E-state index contributed by atoms with van der Waals surface area (Å²) < 4.78 is 87.9. The first-order chi connectivity index (χ1) is 10.2. The van der Waals surface area contributed by atoms with Gasteiger partial charge in [0.1, 0.15) is 13.7 Å². The highest BCUT2D eigenvalue weighted by atomic mass is 19.2. The van der Waals surface area contributed by atoms with Crippen LogP contribution in [-0.4, -0.2) is 15.0 Å². The predicted molar refractivity (Wildman–Crippen MR) is 71.1 cm³/mol. The Morgan fingerprint density at radius 1 is 0.818 bits per heavy atom. The number of rotatable bonds is 2. The van der Waals surface area contributed by atoms with Crippen molar-refractivity contribution in [2.75, 3.05) is 7.11 Å². The maximum Gasteiger partial charge on any atom is 0.170 e.